The lowest BCUT2D eigenvalue weighted by Crippen LogP contribution is -2.60. The van der Waals surface area contributed by atoms with Gasteiger partial charge in [-0.3, -0.25) is 10.1 Å². The zero-order valence-electron chi connectivity index (χ0n) is 23.6. The number of hydrogen-bond acceptors (Lipinski definition) is 3. The minimum atomic E-state index is -5.03. The van der Waals surface area contributed by atoms with E-state index in [9.17, 15) is 40.3 Å². The molecule has 13 heteroatoms. The summed E-state index contributed by atoms with van der Waals surface area (Å²) in [5.74, 6) is -0.990. The van der Waals surface area contributed by atoms with E-state index < -0.39 is 64.4 Å². The minimum Gasteiger partial charge on any atom is -0.368 e. The maximum absolute atomic E-state index is 14.0. The van der Waals surface area contributed by atoms with Gasteiger partial charge in [-0.2, -0.15) is 26.3 Å². The summed E-state index contributed by atoms with van der Waals surface area (Å²) in [5, 5.41) is 3.38. The third-order valence-corrected chi connectivity index (χ3v) is 8.79. The summed E-state index contributed by atoms with van der Waals surface area (Å²) in [4.78, 5) is 28.7. The minimum absolute atomic E-state index is 0.0455. The van der Waals surface area contributed by atoms with Crippen molar-refractivity contribution in [2.24, 2.45) is 5.73 Å². The van der Waals surface area contributed by atoms with Gasteiger partial charge >= 0.3 is 18.4 Å². The van der Waals surface area contributed by atoms with E-state index in [0.29, 0.717) is 48.9 Å². The van der Waals surface area contributed by atoms with Crippen LogP contribution >= 0.6 is 0 Å². The molecule has 4 rings (SSSR count). The molecule has 4 atom stereocenters. The zero-order valence-corrected chi connectivity index (χ0v) is 23.6. The molecule has 2 aromatic rings. The second-order valence-corrected chi connectivity index (χ2v) is 11.7. The number of urea groups is 1. The van der Waals surface area contributed by atoms with Crippen LogP contribution in [0.15, 0.2) is 36.4 Å². The summed E-state index contributed by atoms with van der Waals surface area (Å²) in [5.41, 5.74) is 2.04. The number of nitrogens with one attached hydrogen (secondary N) is 1. The Balaban J connectivity index is 1.69. The molecular weight excluding hydrogens is 569 g/mol. The number of carbonyl (C=O) groups excluding carboxylic acids is 2. The van der Waals surface area contributed by atoms with Gasteiger partial charge in [-0.25, -0.2) is 9.18 Å². The van der Waals surface area contributed by atoms with Crippen LogP contribution in [0.1, 0.15) is 79.4 Å². The first-order chi connectivity index (χ1) is 19.3. The molecular formula is C29H33F7N4O2. The molecule has 0 radical (unpaired) electrons. The van der Waals surface area contributed by atoms with Crippen LogP contribution in [0.4, 0.5) is 35.5 Å². The number of rotatable bonds is 4. The Hall–Kier alpha value is -3.35. The molecule has 2 heterocycles. The number of amides is 3. The standard InChI is InChI=1S/C29H33F7N4O2/c1-16-11-21(30)5-6-22(16)23-15-27(8-7-26(3,38-27)24(37)41)9-10-40(23)25(42)39(4)17(2)18-12-19(28(31,32)33)14-20(13-18)29(34,35)36/h5-6,11-14,17,23,38H,7-10,15H2,1-4H3,(H2,37,41)/t17-,23-,26+,27+/m1/s1. The molecule has 1 spiro atoms. The molecule has 0 bridgehead atoms. The second-order valence-electron chi connectivity index (χ2n) is 11.7. The predicted molar refractivity (Wildman–Crippen MR) is 141 cm³/mol. The Kier molecular flexibility index (Phi) is 8.07. The smallest absolute Gasteiger partial charge is 0.368 e. The summed E-state index contributed by atoms with van der Waals surface area (Å²) in [6.07, 6.45) is -8.25. The Morgan fingerprint density at radius 3 is 2.12 bits per heavy atom. The molecule has 6 nitrogen and oxygen atoms in total. The van der Waals surface area contributed by atoms with Crippen LogP contribution in [0.5, 0.6) is 0 Å². The molecule has 2 fully saturated rings. The molecule has 3 amide bonds. The number of nitrogens with two attached hydrogens (primary N) is 1. The third kappa shape index (κ3) is 6.06. The molecule has 3 N–H and O–H groups in total. The van der Waals surface area contributed by atoms with Crippen molar-refractivity contribution < 1.29 is 40.3 Å². The average Bonchev–Trinajstić information content (AvgIpc) is 3.23. The van der Waals surface area contributed by atoms with Crippen molar-refractivity contribution in [3.05, 3.63) is 70.0 Å². The number of nitrogens with zero attached hydrogens (tertiary/aromatic N) is 2. The van der Waals surface area contributed by atoms with Crippen LogP contribution in [0.3, 0.4) is 0 Å². The first kappa shape index (κ1) is 31.6. The van der Waals surface area contributed by atoms with Gasteiger partial charge in [0, 0.05) is 19.1 Å². The fourth-order valence-electron chi connectivity index (χ4n) is 6.13. The number of aryl methyl sites for hydroxylation is 1. The van der Waals surface area contributed by atoms with Gasteiger partial charge in [-0.1, -0.05) is 6.07 Å². The Labute approximate surface area is 239 Å². The summed E-state index contributed by atoms with van der Waals surface area (Å²) in [7, 11) is 1.32. The number of benzene rings is 2. The van der Waals surface area contributed by atoms with Crippen molar-refractivity contribution in [2.45, 2.75) is 82.0 Å². The third-order valence-electron chi connectivity index (χ3n) is 8.79. The lowest BCUT2D eigenvalue weighted by molar-refractivity contribution is -0.143. The van der Waals surface area contributed by atoms with E-state index in [2.05, 4.69) is 5.32 Å². The van der Waals surface area contributed by atoms with E-state index in [1.807, 2.05) is 0 Å². The van der Waals surface area contributed by atoms with E-state index in [0.717, 1.165) is 4.90 Å². The number of likely N-dealkylation sites (tertiary alicyclic amines) is 1. The number of alkyl halides is 6. The topological polar surface area (TPSA) is 78.7 Å². The van der Waals surface area contributed by atoms with Crippen LogP contribution < -0.4 is 11.1 Å². The van der Waals surface area contributed by atoms with Gasteiger partial charge in [0.1, 0.15) is 5.82 Å². The van der Waals surface area contributed by atoms with Crippen molar-refractivity contribution in [1.82, 2.24) is 15.1 Å². The summed E-state index contributed by atoms with van der Waals surface area (Å²) >= 11 is 0. The Morgan fingerprint density at radius 1 is 1.02 bits per heavy atom. The van der Waals surface area contributed by atoms with E-state index in [1.54, 1.807) is 19.9 Å². The highest BCUT2D eigenvalue weighted by molar-refractivity contribution is 5.84. The number of carbonyl (C=O) groups is 2. The molecule has 42 heavy (non-hydrogen) atoms. The molecule has 0 aromatic heterocycles. The van der Waals surface area contributed by atoms with Gasteiger partial charge < -0.3 is 15.5 Å². The monoisotopic (exact) mass is 602 g/mol. The number of piperidine rings is 1. The normalized spacial score (nSPS) is 25.5. The lowest BCUT2D eigenvalue weighted by Gasteiger charge is -2.48. The van der Waals surface area contributed by atoms with Crippen molar-refractivity contribution in [2.75, 3.05) is 13.6 Å². The van der Waals surface area contributed by atoms with Gasteiger partial charge in [-0.15, -0.1) is 0 Å². The molecule has 2 saturated heterocycles. The highest BCUT2D eigenvalue weighted by atomic mass is 19.4. The van der Waals surface area contributed by atoms with E-state index in [-0.39, 0.29) is 18.2 Å². The van der Waals surface area contributed by atoms with Gasteiger partial charge in [0.05, 0.1) is 28.7 Å². The summed E-state index contributed by atoms with van der Waals surface area (Å²) in [6.45, 7) is 4.91. The fourth-order valence-corrected chi connectivity index (χ4v) is 6.13. The first-order valence-corrected chi connectivity index (χ1v) is 13.4. The number of halogens is 7. The highest BCUT2D eigenvalue weighted by Gasteiger charge is 2.52. The van der Waals surface area contributed by atoms with Crippen molar-refractivity contribution in [1.29, 1.82) is 0 Å². The Bertz CT molecular complexity index is 1350. The van der Waals surface area contributed by atoms with Crippen molar-refractivity contribution >= 4 is 11.9 Å². The van der Waals surface area contributed by atoms with Crippen LogP contribution in [0.25, 0.3) is 0 Å². The van der Waals surface area contributed by atoms with Gasteiger partial charge in [0.25, 0.3) is 0 Å². The van der Waals surface area contributed by atoms with Gasteiger partial charge in [0.2, 0.25) is 5.91 Å². The highest BCUT2D eigenvalue weighted by Crippen LogP contribution is 2.46. The first-order valence-electron chi connectivity index (χ1n) is 13.4. The lowest BCUT2D eigenvalue weighted by atomic mass is 9.79. The van der Waals surface area contributed by atoms with E-state index >= 15 is 0 Å². The number of primary amides is 1. The maximum atomic E-state index is 14.0. The van der Waals surface area contributed by atoms with Crippen molar-refractivity contribution in [3.63, 3.8) is 0 Å². The van der Waals surface area contributed by atoms with E-state index in [4.69, 9.17) is 5.73 Å². The van der Waals surface area contributed by atoms with Gasteiger partial charge in [-0.05, 0) is 93.5 Å². The second kappa shape index (κ2) is 10.7. The summed E-state index contributed by atoms with van der Waals surface area (Å²) < 4.78 is 94.9. The molecule has 0 unspecified atom stereocenters. The van der Waals surface area contributed by atoms with Crippen molar-refractivity contribution in [3.8, 4) is 0 Å². The molecule has 2 aliphatic heterocycles. The largest absolute Gasteiger partial charge is 0.416 e. The van der Waals surface area contributed by atoms with Crippen LogP contribution in [0, 0.1) is 12.7 Å². The molecule has 2 aromatic carbocycles. The molecule has 0 saturated carbocycles. The van der Waals surface area contributed by atoms with Crippen LogP contribution in [-0.2, 0) is 17.1 Å². The molecule has 230 valence electrons. The maximum Gasteiger partial charge on any atom is 0.416 e. The zero-order chi connectivity index (χ0) is 31.4. The fraction of sp³-hybridized carbons (Fsp3) is 0.517. The van der Waals surface area contributed by atoms with Gasteiger partial charge in [0.15, 0.2) is 0 Å². The predicted octanol–water partition coefficient (Wildman–Crippen LogP) is 6.49. The number of hydrogen-bond donors (Lipinski definition) is 2. The summed E-state index contributed by atoms with van der Waals surface area (Å²) in [6, 6.07) is 3.01. The average molecular weight is 603 g/mol. The molecule has 0 aliphatic carbocycles. The SMILES string of the molecule is Cc1cc(F)ccc1[C@H]1C[C@@]2(CCN1C(=O)N(C)[C@H](C)c1cc(C(F)(F)F)cc(C(F)(F)F)c1)CC[C@@](C)(C(N)=O)N2. The molecule has 2 aliphatic rings. The van der Waals surface area contributed by atoms with E-state index in [1.165, 1.54) is 31.0 Å². The Morgan fingerprint density at radius 2 is 1.62 bits per heavy atom. The quantitative estimate of drug-likeness (QED) is 0.393. The van der Waals surface area contributed by atoms with Crippen LogP contribution in [0.2, 0.25) is 0 Å². The van der Waals surface area contributed by atoms with Crippen LogP contribution in [-0.4, -0.2) is 46.4 Å².